The first-order valence-corrected chi connectivity index (χ1v) is 12.4. The van der Waals surface area contributed by atoms with Gasteiger partial charge in [0.15, 0.2) is 0 Å². The molecule has 2 heterocycles. The van der Waals surface area contributed by atoms with E-state index in [9.17, 15) is 18.0 Å². The Balaban J connectivity index is 1.42. The van der Waals surface area contributed by atoms with Crippen molar-refractivity contribution in [2.75, 3.05) is 13.1 Å². The lowest BCUT2D eigenvalue weighted by Gasteiger charge is -2.31. The molecule has 2 amide bonds. The van der Waals surface area contributed by atoms with Gasteiger partial charge in [-0.3, -0.25) is 13.9 Å². The average molecular weight is 447 g/mol. The highest BCUT2D eigenvalue weighted by Gasteiger charge is 2.37. The topological polar surface area (TPSA) is 98.8 Å². The first kappa shape index (κ1) is 21.8. The number of aryl methyl sites for hydroxylation is 1. The van der Waals surface area contributed by atoms with Crippen molar-refractivity contribution < 1.29 is 18.0 Å². The van der Waals surface area contributed by atoms with E-state index in [-0.39, 0.29) is 23.3 Å². The summed E-state index contributed by atoms with van der Waals surface area (Å²) in [4.78, 5) is 27.8. The fourth-order valence-corrected chi connectivity index (χ4v) is 5.75. The Hall–Kier alpha value is -2.39. The summed E-state index contributed by atoms with van der Waals surface area (Å²) < 4.78 is 27.3. The Bertz CT molecular complexity index is 956. The number of sulfonamides is 1. The highest BCUT2D eigenvalue weighted by atomic mass is 32.2. The number of nitrogens with one attached hydrogen (secondary N) is 2. The second-order valence-electron chi connectivity index (χ2n) is 8.65. The number of benzene rings is 1. The van der Waals surface area contributed by atoms with E-state index in [4.69, 9.17) is 0 Å². The van der Waals surface area contributed by atoms with Gasteiger partial charge in [0.2, 0.25) is 11.8 Å². The van der Waals surface area contributed by atoms with Crippen LogP contribution in [0.1, 0.15) is 44.1 Å². The van der Waals surface area contributed by atoms with Gasteiger partial charge >= 0.3 is 0 Å². The highest BCUT2D eigenvalue weighted by molar-refractivity contribution is 7.89. The van der Waals surface area contributed by atoms with E-state index in [2.05, 4.69) is 15.5 Å². The van der Waals surface area contributed by atoms with Gasteiger partial charge < -0.3 is 15.5 Å². The molecule has 31 heavy (non-hydrogen) atoms. The maximum absolute atomic E-state index is 13.1. The van der Waals surface area contributed by atoms with E-state index in [1.54, 1.807) is 12.1 Å². The molecule has 1 aromatic carbocycles. The first-order valence-electron chi connectivity index (χ1n) is 11.0. The van der Waals surface area contributed by atoms with Gasteiger partial charge in [-0.25, -0.2) is 8.42 Å². The van der Waals surface area contributed by atoms with Gasteiger partial charge in [0.25, 0.3) is 10.0 Å². The van der Waals surface area contributed by atoms with E-state index < -0.39 is 22.0 Å². The zero-order valence-corrected chi connectivity index (χ0v) is 18.6. The molecule has 0 spiro atoms. The van der Waals surface area contributed by atoms with E-state index in [0.29, 0.717) is 6.04 Å². The second kappa shape index (κ2) is 9.00. The summed E-state index contributed by atoms with van der Waals surface area (Å²) in [6.45, 7) is 3.90. The van der Waals surface area contributed by atoms with Crippen LogP contribution >= 0.6 is 0 Å². The van der Waals surface area contributed by atoms with Crippen molar-refractivity contribution in [3.63, 3.8) is 0 Å². The quantitative estimate of drug-likeness (QED) is 0.690. The fourth-order valence-electron chi connectivity index (χ4n) is 4.30. The molecule has 1 aromatic rings. The van der Waals surface area contributed by atoms with Crippen molar-refractivity contribution in [1.29, 1.82) is 0 Å². The SMILES string of the molecule is Cc1ccc(S(=O)(=O)N2C=CNC(=O)[C@H]2CC(=O)NC2CCCN(C3CC3)CC2)cc1. The summed E-state index contributed by atoms with van der Waals surface area (Å²) in [7, 11) is -3.96. The molecule has 0 bridgehead atoms. The van der Waals surface area contributed by atoms with E-state index in [1.807, 2.05) is 6.92 Å². The smallest absolute Gasteiger partial charge is 0.264 e. The first-order chi connectivity index (χ1) is 14.8. The molecule has 4 rings (SSSR count). The van der Waals surface area contributed by atoms with Gasteiger partial charge in [0.05, 0.1) is 11.3 Å². The van der Waals surface area contributed by atoms with Gasteiger partial charge in [0, 0.05) is 31.0 Å². The zero-order chi connectivity index (χ0) is 22.0. The van der Waals surface area contributed by atoms with Crippen LogP contribution in [0.4, 0.5) is 0 Å². The van der Waals surface area contributed by atoms with Crippen molar-refractivity contribution in [3.8, 4) is 0 Å². The molecule has 0 radical (unpaired) electrons. The number of rotatable bonds is 6. The molecule has 168 valence electrons. The average Bonchev–Trinajstić information content (AvgIpc) is 3.57. The molecule has 3 aliphatic rings. The van der Waals surface area contributed by atoms with Crippen LogP contribution in [0.25, 0.3) is 0 Å². The van der Waals surface area contributed by atoms with Crippen LogP contribution in [0.3, 0.4) is 0 Å². The third-order valence-corrected chi connectivity index (χ3v) is 8.02. The number of carbonyl (C=O) groups is 2. The van der Waals surface area contributed by atoms with Gasteiger partial charge in [0.1, 0.15) is 6.04 Å². The lowest BCUT2D eigenvalue weighted by Crippen LogP contribution is -2.51. The summed E-state index contributed by atoms with van der Waals surface area (Å²) in [5.41, 5.74) is 0.936. The van der Waals surface area contributed by atoms with Crippen molar-refractivity contribution in [1.82, 2.24) is 19.8 Å². The van der Waals surface area contributed by atoms with E-state index in [1.165, 1.54) is 37.4 Å². The molecule has 2 fully saturated rings. The van der Waals surface area contributed by atoms with E-state index >= 15 is 0 Å². The van der Waals surface area contributed by atoms with Crippen molar-refractivity contribution >= 4 is 21.8 Å². The van der Waals surface area contributed by atoms with Gasteiger partial charge in [-0.05, 0) is 57.7 Å². The molecule has 1 unspecified atom stereocenters. The third kappa shape index (κ3) is 5.10. The number of nitrogens with zero attached hydrogens (tertiary/aromatic N) is 2. The summed E-state index contributed by atoms with van der Waals surface area (Å²) in [6.07, 6.45) is 7.74. The summed E-state index contributed by atoms with van der Waals surface area (Å²) in [6, 6.07) is 6.09. The number of hydrogen-bond donors (Lipinski definition) is 2. The van der Waals surface area contributed by atoms with E-state index in [0.717, 1.165) is 42.2 Å². The maximum Gasteiger partial charge on any atom is 0.264 e. The van der Waals surface area contributed by atoms with Crippen molar-refractivity contribution in [3.05, 3.63) is 42.2 Å². The van der Waals surface area contributed by atoms with Crippen LogP contribution in [0.2, 0.25) is 0 Å². The molecule has 1 saturated carbocycles. The minimum atomic E-state index is -3.96. The number of likely N-dealkylation sites (tertiary alicyclic amines) is 1. The molecular formula is C22H30N4O4S. The van der Waals surface area contributed by atoms with Crippen LogP contribution in [0, 0.1) is 6.92 Å². The maximum atomic E-state index is 13.1. The number of amides is 2. The molecule has 9 heteroatoms. The minimum Gasteiger partial charge on any atom is -0.353 e. The molecule has 0 aromatic heterocycles. The van der Waals surface area contributed by atoms with Crippen LogP contribution in [0.5, 0.6) is 0 Å². The van der Waals surface area contributed by atoms with Crippen LogP contribution < -0.4 is 10.6 Å². The lowest BCUT2D eigenvalue weighted by molar-refractivity contribution is -0.129. The van der Waals surface area contributed by atoms with Gasteiger partial charge in [-0.2, -0.15) is 0 Å². The van der Waals surface area contributed by atoms with Crippen LogP contribution in [-0.4, -0.2) is 60.7 Å². The molecule has 1 saturated heterocycles. The monoisotopic (exact) mass is 446 g/mol. The molecule has 1 aliphatic carbocycles. The normalized spacial score (nSPS) is 25.1. The van der Waals surface area contributed by atoms with Crippen molar-refractivity contribution in [2.24, 2.45) is 0 Å². The molecule has 8 nitrogen and oxygen atoms in total. The van der Waals surface area contributed by atoms with Gasteiger partial charge in [-0.1, -0.05) is 17.7 Å². The molecule has 2 N–H and O–H groups in total. The van der Waals surface area contributed by atoms with Crippen molar-refractivity contribution in [2.45, 2.75) is 68.5 Å². The number of carbonyl (C=O) groups excluding carboxylic acids is 2. The van der Waals surface area contributed by atoms with Gasteiger partial charge in [-0.15, -0.1) is 0 Å². The molecule has 2 atom stereocenters. The Morgan fingerprint density at radius 1 is 1.13 bits per heavy atom. The summed E-state index contributed by atoms with van der Waals surface area (Å²) in [5, 5.41) is 5.56. The predicted molar refractivity (Wildman–Crippen MR) is 116 cm³/mol. The Morgan fingerprint density at radius 2 is 1.87 bits per heavy atom. The standard InChI is InChI=1S/C22H30N4O4S/c1-16-4-8-19(9-5-16)31(29,30)26-14-11-23-22(28)20(26)15-21(27)24-17-3-2-12-25(13-10-17)18-6-7-18/h4-5,8-9,11,14,17-18,20H,2-3,6-7,10,12-13,15H2,1H3,(H,23,28)(H,24,27)/t17?,20-/m1/s1. The highest BCUT2D eigenvalue weighted by Crippen LogP contribution is 2.29. The molecular weight excluding hydrogens is 416 g/mol. The number of hydrogen-bond acceptors (Lipinski definition) is 5. The Labute approximate surface area is 183 Å². The zero-order valence-electron chi connectivity index (χ0n) is 17.8. The summed E-state index contributed by atoms with van der Waals surface area (Å²) >= 11 is 0. The fraction of sp³-hybridized carbons (Fsp3) is 0.545. The lowest BCUT2D eigenvalue weighted by atomic mass is 10.1. The predicted octanol–water partition coefficient (Wildman–Crippen LogP) is 1.48. The minimum absolute atomic E-state index is 0.0561. The Morgan fingerprint density at radius 3 is 2.58 bits per heavy atom. The second-order valence-corrected chi connectivity index (χ2v) is 10.5. The molecule has 2 aliphatic heterocycles. The summed E-state index contributed by atoms with van der Waals surface area (Å²) in [5.74, 6) is -0.807. The Kier molecular flexibility index (Phi) is 6.34. The van der Waals surface area contributed by atoms with Crippen LogP contribution in [0.15, 0.2) is 41.6 Å². The van der Waals surface area contributed by atoms with Crippen LogP contribution in [-0.2, 0) is 19.6 Å². The third-order valence-electron chi connectivity index (χ3n) is 6.22. The largest absolute Gasteiger partial charge is 0.353 e.